The second-order valence-electron chi connectivity index (χ2n) is 4.51. The van der Waals surface area contributed by atoms with Crippen molar-refractivity contribution >= 4 is 5.91 Å². The number of amides is 1. The molecule has 4 heteroatoms. The first-order valence-electron chi connectivity index (χ1n) is 6.07. The fraction of sp³-hybridized carbons (Fsp3) is 0.200. The lowest BCUT2D eigenvalue weighted by atomic mass is 10.1. The van der Waals surface area contributed by atoms with Crippen LogP contribution in [0.5, 0.6) is 0 Å². The van der Waals surface area contributed by atoms with Gasteiger partial charge in [-0.2, -0.15) is 0 Å². The Morgan fingerprint density at radius 3 is 2.53 bits per heavy atom. The number of H-pyrrole nitrogens is 1. The number of hydrogen-bond donors (Lipinski definition) is 1. The Labute approximate surface area is 111 Å². The third-order valence-electron chi connectivity index (χ3n) is 2.99. The predicted octanol–water partition coefficient (Wildman–Crippen LogP) is 1.96. The minimum atomic E-state index is -0.343. The highest BCUT2D eigenvalue weighted by Crippen LogP contribution is 2.08. The van der Waals surface area contributed by atoms with Crippen LogP contribution in [-0.2, 0) is 6.54 Å². The lowest BCUT2D eigenvalue weighted by Crippen LogP contribution is -2.32. The largest absolute Gasteiger partial charge is 0.337 e. The standard InChI is InChI=1S/C15H16N2O2/c1-11-8-9-16-14(18)13(11)15(19)17(2)10-12-6-4-3-5-7-12/h3-9H,10H2,1-2H3,(H,16,18). The average Bonchev–Trinajstić information content (AvgIpc) is 2.39. The van der Waals surface area contributed by atoms with Crippen molar-refractivity contribution in [2.24, 2.45) is 0 Å². The van der Waals surface area contributed by atoms with Gasteiger partial charge in [0.25, 0.3) is 11.5 Å². The normalized spacial score (nSPS) is 10.2. The van der Waals surface area contributed by atoms with Gasteiger partial charge in [0.2, 0.25) is 0 Å². The molecule has 0 radical (unpaired) electrons. The van der Waals surface area contributed by atoms with Gasteiger partial charge < -0.3 is 9.88 Å². The van der Waals surface area contributed by atoms with Crippen LogP contribution < -0.4 is 5.56 Å². The number of aromatic amines is 1. The van der Waals surface area contributed by atoms with Crippen molar-refractivity contribution in [3.8, 4) is 0 Å². The summed E-state index contributed by atoms with van der Waals surface area (Å²) in [6, 6.07) is 11.4. The number of nitrogens with one attached hydrogen (secondary N) is 1. The first-order valence-corrected chi connectivity index (χ1v) is 6.07. The number of nitrogens with zero attached hydrogens (tertiary/aromatic N) is 1. The zero-order valence-corrected chi connectivity index (χ0v) is 11.0. The van der Waals surface area contributed by atoms with E-state index in [0.29, 0.717) is 12.1 Å². The van der Waals surface area contributed by atoms with Crippen molar-refractivity contribution in [3.63, 3.8) is 0 Å². The molecular weight excluding hydrogens is 240 g/mol. The molecule has 1 N–H and O–H groups in total. The van der Waals surface area contributed by atoms with Gasteiger partial charge in [-0.1, -0.05) is 30.3 Å². The van der Waals surface area contributed by atoms with Crippen molar-refractivity contribution in [1.82, 2.24) is 9.88 Å². The first kappa shape index (κ1) is 13.1. The molecule has 0 atom stereocenters. The van der Waals surface area contributed by atoms with Crippen LogP contribution in [0.2, 0.25) is 0 Å². The van der Waals surface area contributed by atoms with Crippen molar-refractivity contribution in [1.29, 1.82) is 0 Å². The maximum absolute atomic E-state index is 12.3. The summed E-state index contributed by atoms with van der Waals surface area (Å²) in [4.78, 5) is 28.1. The highest BCUT2D eigenvalue weighted by atomic mass is 16.2. The van der Waals surface area contributed by atoms with E-state index in [1.54, 1.807) is 31.1 Å². The van der Waals surface area contributed by atoms with Gasteiger partial charge >= 0.3 is 0 Å². The average molecular weight is 256 g/mol. The minimum Gasteiger partial charge on any atom is -0.337 e. The molecule has 1 heterocycles. The van der Waals surface area contributed by atoms with Crippen LogP contribution in [0.1, 0.15) is 21.5 Å². The molecule has 0 fully saturated rings. The molecule has 2 aromatic rings. The van der Waals surface area contributed by atoms with E-state index in [1.807, 2.05) is 30.3 Å². The number of rotatable bonds is 3. The molecule has 0 saturated carbocycles. The maximum Gasteiger partial charge on any atom is 0.261 e. The molecule has 98 valence electrons. The maximum atomic E-state index is 12.3. The highest BCUT2D eigenvalue weighted by Gasteiger charge is 2.17. The third-order valence-corrected chi connectivity index (χ3v) is 2.99. The Hall–Kier alpha value is -2.36. The molecule has 1 aromatic heterocycles. The van der Waals surface area contributed by atoms with E-state index in [2.05, 4.69) is 4.98 Å². The van der Waals surface area contributed by atoms with Gasteiger partial charge in [0.15, 0.2) is 0 Å². The summed E-state index contributed by atoms with van der Waals surface area (Å²) in [7, 11) is 1.70. The molecule has 0 saturated heterocycles. The number of hydrogen-bond acceptors (Lipinski definition) is 2. The number of aryl methyl sites for hydroxylation is 1. The Balaban J connectivity index is 2.23. The molecule has 0 bridgehead atoms. The van der Waals surface area contributed by atoms with E-state index in [9.17, 15) is 9.59 Å². The fourth-order valence-electron chi connectivity index (χ4n) is 1.96. The van der Waals surface area contributed by atoms with Gasteiger partial charge in [0.1, 0.15) is 5.56 Å². The van der Waals surface area contributed by atoms with Gasteiger partial charge in [0, 0.05) is 19.8 Å². The van der Waals surface area contributed by atoms with Crippen LogP contribution >= 0.6 is 0 Å². The summed E-state index contributed by atoms with van der Waals surface area (Å²) in [6.45, 7) is 2.24. The highest BCUT2D eigenvalue weighted by molar-refractivity contribution is 5.95. The van der Waals surface area contributed by atoms with Gasteiger partial charge in [0.05, 0.1) is 0 Å². The smallest absolute Gasteiger partial charge is 0.261 e. The van der Waals surface area contributed by atoms with Gasteiger partial charge in [-0.3, -0.25) is 9.59 Å². The molecule has 0 unspecified atom stereocenters. The molecule has 1 aromatic carbocycles. The SMILES string of the molecule is Cc1cc[nH]c(=O)c1C(=O)N(C)Cc1ccccc1. The molecule has 2 rings (SSSR count). The molecule has 4 nitrogen and oxygen atoms in total. The number of benzene rings is 1. The van der Waals surface area contributed by atoms with Crippen LogP contribution in [0, 0.1) is 6.92 Å². The van der Waals surface area contributed by atoms with Crippen LogP contribution in [0.15, 0.2) is 47.4 Å². The Kier molecular flexibility index (Phi) is 3.80. The fourth-order valence-corrected chi connectivity index (χ4v) is 1.96. The summed E-state index contributed by atoms with van der Waals surface area (Å²) >= 11 is 0. The third kappa shape index (κ3) is 2.91. The van der Waals surface area contributed by atoms with E-state index in [1.165, 1.54) is 0 Å². The van der Waals surface area contributed by atoms with Crippen LogP contribution in [0.3, 0.4) is 0 Å². The van der Waals surface area contributed by atoms with E-state index >= 15 is 0 Å². The monoisotopic (exact) mass is 256 g/mol. The molecule has 0 spiro atoms. The summed E-state index contributed by atoms with van der Waals surface area (Å²) < 4.78 is 0. The van der Waals surface area contributed by atoms with Gasteiger partial charge in [-0.25, -0.2) is 0 Å². The Bertz CT molecular complexity index is 632. The number of aromatic nitrogens is 1. The molecular formula is C15H16N2O2. The van der Waals surface area contributed by atoms with Gasteiger partial charge in [-0.15, -0.1) is 0 Å². The zero-order chi connectivity index (χ0) is 13.8. The van der Waals surface area contributed by atoms with Crippen LogP contribution in [0.25, 0.3) is 0 Å². The van der Waals surface area contributed by atoms with E-state index < -0.39 is 0 Å². The summed E-state index contributed by atoms with van der Waals surface area (Å²) in [5, 5.41) is 0. The number of carbonyl (C=O) groups excluding carboxylic acids is 1. The van der Waals surface area contributed by atoms with Crippen molar-refractivity contribution in [2.45, 2.75) is 13.5 Å². The molecule has 0 aliphatic heterocycles. The Morgan fingerprint density at radius 1 is 1.21 bits per heavy atom. The van der Waals surface area contributed by atoms with Crippen LogP contribution in [0.4, 0.5) is 0 Å². The second kappa shape index (κ2) is 5.52. The predicted molar refractivity (Wildman–Crippen MR) is 74.0 cm³/mol. The molecule has 1 amide bonds. The van der Waals surface area contributed by atoms with Gasteiger partial charge in [-0.05, 0) is 24.1 Å². The molecule has 0 aliphatic rings. The van der Waals surface area contributed by atoms with E-state index in [0.717, 1.165) is 5.56 Å². The minimum absolute atomic E-state index is 0.209. The van der Waals surface area contributed by atoms with E-state index in [4.69, 9.17) is 0 Å². The first-order chi connectivity index (χ1) is 9.09. The summed E-state index contributed by atoms with van der Waals surface area (Å²) in [5.74, 6) is -0.261. The molecule has 19 heavy (non-hydrogen) atoms. The topological polar surface area (TPSA) is 53.2 Å². The lowest BCUT2D eigenvalue weighted by molar-refractivity contribution is 0.0782. The van der Waals surface area contributed by atoms with E-state index in [-0.39, 0.29) is 17.0 Å². The summed E-state index contributed by atoms with van der Waals surface area (Å²) in [6.07, 6.45) is 1.55. The Morgan fingerprint density at radius 2 is 1.89 bits per heavy atom. The second-order valence-corrected chi connectivity index (χ2v) is 4.51. The molecule has 0 aliphatic carbocycles. The van der Waals surface area contributed by atoms with Crippen molar-refractivity contribution in [3.05, 3.63) is 69.6 Å². The quantitative estimate of drug-likeness (QED) is 0.912. The number of carbonyl (C=O) groups is 1. The number of pyridine rings is 1. The van der Waals surface area contributed by atoms with Crippen molar-refractivity contribution in [2.75, 3.05) is 7.05 Å². The summed E-state index contributed by atoms with van der Waals surface area (Å²) in [5.41, 5.74) is 1.59. The zero-order valence-electron chi connectivity index (χ0n) is 11.0. The van der Waals surface area contributed by atoms with Crippen LogP contribution in [-0.4, -0.2) is 22.8 Å². The van der Waals surface area contributed by atoms with Crippen molar-refractivity contribution < 1.29 is 4.79 Å². The lowest BCUT2D eigenvalue weighted by Gasteiger charge is -2.17.